The molecule has 0 fully saturated rings. The van der Waals surface area contributed by atoms with Crippen LogP contribution in [0.1, 0.15) is 17.0 Å². The zero-order valence-corrected chi connectivity index (χ0v) is 12.7. The fourth-order valence-corrected chi connectivity index (χ4v) is 2.50. The van der Waals surface area contributed by atoms with Crippen LogP contribution in [-0.2, 0) is 20.7 Å². The predicted molar refractivity (Wildman–Crippen MR) is 75.5 cm³/mol. The third-order valence-electron chi connectivity index (χ3n) is 2.97. The van der Waals surface area contributed by atoms with Crippen molar-refractivity contribution >= 4 is 17.3 Å². The molecule has 0 unspecified atom stereocenters. The topological polar surface area (TPSA) is 51.7 Å². The molecule has 1 heterocycles. The van der Waals surface area contributed by atoms with E-state index in [0.717, 1.165) is 25.2 Å². The fraction of sp³-hybridized carbons (Fsp3) is 0.692. The lowest BCUT2D eigenvalue weighted by molar-refractivity contribution is -0.141. The first-order valence-corrected chi connectivity index (χ1v) is 7.22. The number of ether oxygens (including phenoxy) is 2. The van der Waals surface area contributed by atoms with Crippen LogP contribution >= 0.6 is 11.3 Å². The lowest BCUT2D eigenvalue weighted by Crippen LogP contribution is -2.32. The van der Waals surface area contributed by atoms with E-state index in [-0.39, 0.29) is 5.97 Å². The Kier molecular flexibility index (Phi) is 7.62. The Hall–Kier alpha value is -0.980. The maximum Gasteiger partial charge on any atom is 0.306 e. The zero-order valence-electron chi connectivity index (χ0n) is 11.8. The average molecular weight is 286 g/mol. The molecule has 1 aromatic heterocycles. The number of esters is 1. The first-order chi connectivity index (χ1) is 9.17. The molecule has 0 amide bonds. The minimum atomic E-state index is -0.170. The van der Waals surface area contributed by atoms with Gasteiger partial charge in [-0.1, -0.05) is 0 Å². The van der Waals surface area contributed by atoms with E-state index in [0.29, 0.717) is 19.6 Å². The van der Waals surface area contributed by atoms with Crippen molar-refractivity contribution in [1.29, 1.82) is 0 Å². The van der Waals surface area contributed by atoms with Crippen molar-refractivity contribution < 1.29 is 14.3 Å². The van der Waals surface area contributed by atoms with Crippen molar-refractivity contribution in [3.05, 3.63) is 16.1 Å². The van der Waals surface area contributed by atoms with Gasteiger partial charge in [0.05, 0.1) is 31.3 Å². The number of hydrogen-bond donors (Lipinski definition) is 0. The molecule has 108 valence electrons. The van der Waals surface area contributed by atoms with Gasteiger partial charge in [-0.25, -0.2) is 4.98 Å². The van der Waals surface area contributed by atoms with Crippen LogP contribution in [0.2, 0.25) is 0 Å². The largest absolute Gasteiger partial charge is 0.469 e. The second-order valence-corrected chi connectivity index (χ2v) is 5.21. The quantitative estimate of drug-likeness (QED) is 0.644. The van der Waals surface area contributed by atoms with Gasteiger partial charge in [-0.05, 0) is 13.3 Å². The summed E-state index contributed by atoms with van der Waals surface area (Å²) in [7, 11) is 3.11. The van der Waals surface area contributed by atoms with Gasteiger partial charge in [0.15, 0.2) is 0 Å². The molecular formula is C13H22N2O3S. The first-order valence-electron chi connectivity index (χ1n) is 6.34. The van der Waals surface area contributed by atoms with Gasteiger partial charge < -0.3 is 14.4 Å². The number of carbonyl (C=O) groups is 1. The second kappa shape index (κ2) is 9.01. The Bertz CT molecular complexity index is 382. The molecule has 0 spiro atoms. The van der Waals surface area contributed by atoms with Crippen LogP contribution in [0.25, 0.3) is 0 Å². The Labute approximate surface area is 118 Å². The number of thiazole rings is 1. The summed E-state index contributed by atoms with van der Waals surface area (Å²) in [6.45, 7) is 5.13. The summed E-state index contributed by atoms with van der Waals surface area (Å²) in [4.78, 5) is 19.0. The average Bonchev–Trinajstić information content (AvgIpc) is 2.83. The number of rotatable bonds is 9. The number of methoxy groups -OCH3 is 2. The van der Waals surface area contributed by atoms with Gasteiger partial charge in [0, 0.05) is 31.6 Å². The minimum Gasteiger partial charge on any atom is -0.469 e. The second-order valence-electron chi connectivity index (χ2n) is 4.27. The van der Waals surface area contributed by atoms with Crippen LogP contribution in [-0.4, -0.2) is 56.3 Å². The standard InChI is InChI=1S/C13H22N2O3S/c1-11-12(19-10-14-11)4-6-15(8-9-17-2)7-5-13(16)18-3/h10H,4-9H2,1-3H3. The molecule has 6 heteroatoms. The first kappa shape index (κ1) is 16.1. The monoisotopic (exact) mass is 286 g/mol. The summed E-state index contributed by atoms with van der Waals surface area (Å²) in [5.74, 6) is -0.170. The van der Waals surface area contributed by atoms with Gasteiger partial charge in [-0.2, -0.15) is 0 Å². The molecule has 19 heavy (non-hydrogen) atoms. The molecule has 5 nitrogen and oxygen atoms in total. The Morgan fingerprint density at radius 3 is 2.74 bits per heavy atom. The van der Waals surface area contributed by atoms with Crippen LogP contribution in [0.4, 0.5) is 0 Å². The van der Waals surface area contributed by atoms with E-state index in [4.69, 9.17) is 4.74 Å². The summed E-state index contributed by atoms with van der Waals surface area (Å²) in [6.07, 6.45) is 1.38. The summed E-state index contributed by atoms with van der Waals surface area (Å²) < 4.78 is 9.77. The lowest BCUT2D eigenvalue weighted by Gasteiger charge is -2.21. The number of nitrogens with zero attached hydrogens (tertiary/aromatic N) is 2. The van der Waals surface area contributed by atoms with Crippen molar-refractivity contribution in [2.75, 3.05) is 40.5 Å². The smallest absolute Gasteiger partial charge is 0.306 e. The molecule has 1 rings (SSSR count). The van der Waals surface area contributed by atoms with E-state index in [1.54, 1.807) is 18.4 Å². The van der Waals surface area contributed by atoms with Crippen molar-refractivity contribution in [3.8, 4) is 0 Å². The lowest BCUT2D eigenvalue weighted by atomic mass is 10.2. The molecular weight excluding hydrogens is 264 g/mol. The van der Waals surface area contributed by atoms with E-state index < -0.39 is 0 Å². The number of hydrogen-bond acceptors (Lipinski definition) is 6. The molecule has 0 radical (unpaired) electrons. The SMILES string of the molecule is COCCN(CCC(=O)OC)CCc1scnc1C. The molecule has 0 aliphatic heterocycles. The highest BCUT2D eigenvalue weighted by Crippen LogP contribution is 2.13. The molecule has 0 aliphatic rings. The third-order valence-corrected chi connectivity index (χ3v) is 3.97. The van der Waals surface area contributed by atoms with Crippen molar-refractivity contribution in [1.82, 2.24) is 9.88 Å². The normalized spacial score (nSPS) is 10.9. The predicted octanol–water partition coefficient (Wildman–Crippen LogP) is 1.51. The van der Waals surface area contributed by atoms with Gasteiger partial charge in [0.25, 0.3) is 0 Å². The van der Waals surface area contributed by atoms with Crippen LogP contribution in [0.5, 0.6) is 0 Å². The van der Waals surface area contributed by atoms with Gasteiger partial charge >= 0.3 is 5.97 Å². The summed E-state index contributed by atoms with van der Waals surface area (Å²) in [6, 6.07) is 0. The van der Waals surface area contributed by atoms with Crippen molar-refractivity contribution in [2.24, 2.45) is 0 Å². The summed E-state index contributed by atoms with van der Waals surface area (Å²) in [5, 5.41) is 0. The van der Waals surface area contributed by atoms with E-state index >= 15 is 0 Å². The Morgan fingerprint density at radius 1 is 1.37 bits per heavy atom. The van der Waals surface area contributed by atoms with Gasteiger partial charge in [0.2, 0.25) is 0 Å². The Morgan fingerprint density at radius 2 is 2.16 bits per heavy atom. The molecule has 0 aromatic carbocycles. The van der Waals surface area contributed by atoms with E-state index in [9.17, 15) is 4.79 Å². The molecule has 0 saturated carbocycles. The summed E-state index contributed by atoms with van der Waals surface area (Å²) >= 11 is 1.68. The van der Waals surface area contributed by atoms with Crippen LogP contribution < -0.4 is 0 Å². The van der Waals surface area contributed by atoms with Crippen LogP contribution in [0.15, 0.2) is 5.51 Å². The number of aromatic nitrogens is 1. The molecule has 0 aliphatic carbocycles. The van der Waals surface area contributed by atoms with E-state index in [1.807, 2.05) is 12.4 Å². The maximum atomic E-state index is 11.2. The van der Waals surface area contributed by atoms with Crippen molar-refractivity contribution in [3.63, 3.8) is 0 Å². The summed E-state index contributed by atoms with van der Waals surface area (Å²) in [5.41, 5.74) is 2.98. The molecule has 1 aromatic rings. The highest BCUT2D eigenvalue weighted by atomic mass is 32.1. The van der Waals surface area contributed by atoms with Crippen LogP contribution in [0, 0.1) is 6.92 Å². The molecule has 0 N–H and O–H groups in total. The fourth-order valence-electron chi connectivity index (χ4n) is 1.73. The molecule has 0 bridgehead atoms. The highest BCUT2D eigenvalue weighted by molar-refractivity contribution is 7.09. The van der Waals surface area contributed by atoms with Crippen LogP contribution in [0.3, 0.4) is 0 Å². The maximum absolute atomic E-state index is 11.2. The van der Waals surface area contributed by atoms with Crippen molar-refractivity contribution in [2.45, 2.75) is 19.8 Å². The molecule has 0 atom stereocenters. The third kappa shape index (κ3) is 6.13. The van der Waals surface area contributed by atoms with Gasteiger partial charge in [0.1, 0.15) is 0 Å². The zero-order chi connectivity index (χ0) is 14.1. The number of carbonyl (C=O) groups excluding carboxylic acids is 1. The molecule has 0 saturated heterocycles. The number of aryl methyl sites for hydroxylation is 1. The van der Waals surface area contributed by atoms with E-state index in [1.165, 1.54) is 12.0 Å². The minimum absolute atomic E-state index is 0.170. The van der Waals surface area contributed by atoms with E-state index in [2.05, 4.69) is 14.6 Å². The highest BCUT2D eigenvalue weighted by Gasteiger charge is 2.10. The van der Waals surface area contributed by atoms with Gasteiger partial charge in [-0.15, -0.1) is 11.3 Å². The Balaban J connectivity index is 2.40. The van der Waals surface area contributed by atoms with Gasteiger partial charge in [-0.3, -0.25) is 4.79 Å².